The minimum absolute atomic E-state index is 0.0894. The number of methoxy groups -OCH3 is 1. The zero-order chi connectivity index (χ0) is 15.4. The molecule has 1 aliphatic rings. The van der Waals surface area contributed by atoms with Gasteiger partial charge in [0.1, 0.15) is 5.75 Å². The normalized spacial score (nSPS) is 19.2. The molecule has 3 heteroatoms. The molecule has 22 heavy (non-hydrogen) atoms. The Kier molecular flexibility index (Phi) is 4.64. The number of hydrogen-bond donors (Lipinski definition) is 0. The summed E-state index contributed by atoms with van der Waals surface area (Å²) in [6.45, 7) is 2.86. The summed E-state index contributed by atoms with van der Waals surface area (Å²) in [7, 11) is 1.69. The first kappa shape index (κ1) is 14.9. The summed E-state index contributed by atoms with van der Waals surface area (Å²) in [6.07, 6.45) is 5.02. The summed E-state index contributed by atoms with van der Waals surface area (Å²) in [5.74, 6) is 0.880. The third-order valence-electron chi connectivity index (χ3n) is 4.04. The van der Waals surface area contributed by atoms with E-state index in [2.05, 4.69) is 31.2 Å². The minimum Gasteiger partial charge on any atom is -0.497 e. The fraction of sp³-hybridized carbons (Fsp3) is 0.368. The van der Waals surface area contributed by atoms with Gasteiger partial charge in [0.15, 0.2) is 6.29 Å². The van der Waals surface area contributed by atoms with Gasteiger partial charge in [0.05, 0.1) is 20.0 Å². The van der Waals surface area contributed by atoms with Crippen molar-refractivity contribution in [3.05, 3.63) is 48.2 Å². The van der Waals surface area contributed by atoms with Crippen molar-refractivity contribution in [3.63, 3.8) is 0 Å². The Morgan fingerprint density at radius 3 is 2.73 bits per heavy atom. The Labute approximate surface area is 131 Å². The van der Waals surface area contributed by atoms with E-state index in [4.69, 9.17) is 14.2 Å². The Hall–Kier alpha value is -2.00. The van der Waals surface area contributed by atoms with Crippen molar-refractivity contribution in [2.75, 3.05) is 13.7 Å². The molecule has 0 bridgehead atoms. The van der Waals surface area contributed by atoms with Gasteiger partial charge in [0.25, 0.3) is 0 Å². The molecule has 116 valence electrons. The van der Waals surface area contributed by atoms with Crippen LogP contribution in [0.1, 0.15) is 31.7 Å². The first-order chi connectivity index (χ1) is 10.8. The van der Waals surface area contributed by atoms with Gasteiger partial charge in [-0.05, 0) is 59.9 Å². The Morgan fingerprint density at radius 1 is 1.14 bits per heavy atom. The molecule has 2 aromatic rings. The number of ether oxygens (including phenoxy) is 3. The van der Waals surface area contributed by atoms with Crippen molar-refractivity contribution in [3.8, 4) is 5.75 Å². The van der Waals surface area contributed by atoms with E-state index in [0.717, 1.165) is 36.3 Å². The topological polar surface area (TPSA) is 27.7 Å². The van der Waals surface area contributed by atoms with E-state index >= 15 is 0 Å². The average molecular weight is 298 g/mol. The standard InChI is InChI=1S/C19H22O3/c1-14(13-22-19-5-3-4-10-21-19)15-6-7-17-12-18(20-2)9-8-16(17)11-15/h6-9,11-13,19H,3-5,10H2,1-2H3/b14-13+. The van der Waals surface area contributed by atoms with Crippen molar-refractivity contribution in [1.29, 1.82) is 0 Å². The second kappa shape index (κ2) is 6.84. The van der Waals surface area contributed by atoms with Gasteiger partial charge < -0.3 is 14.2 Å². The maximum absolute atomic E-state index is 5.74. The molecule has 1 aliphatic heterocycles. The molecule has 0 saturated carbocycles. The lowest BCUT2D eigenvalue weighted by molar-refractivity contribution is -0.129. The van der Waals surface area contributed by atoms with Gasteiger partial charge in [-0.1, -0.05) is 18.2 Å². The molecule has 0 N–H and O–H groups in total. The first-order valence-electron chi connectivity index (χ1n) is 7.78. The van der Waals surface area contributed by atoms with Crippen molar-refractivity contribution < 1.29 is 14.2 Å². The molecule has 3 nitrogen and oxygen atoms in total. The zero-order valence-corrected chi connectivity index (χ0v) is 13.2. The first-order valence-corrected chi connectivity index (χ1v) is 7.78. The fourth-order valence-corrected chi connectivity index (χ4v) is 2.66. The van der Waals surface area contributed by atoms with Crippen LogP contribution in [0.15, 0.2) is 42.7 Å². The number of rotatable bonds is 4. The van der Waals surface area contributed by atoms with Crippen molar-refractivity contribution in [2.45, 2.75) is 32.5 Å². The highest BCUT2D eigenvalue weighted by molar-refractivity contribution is 5.87. The summed E-state index contributed by atoms with van der Waals surface area (Å²) < 4.78 is 16.6. The zero-order valence-electron chi connectivity index (χ0n) is 13.2. The molecule has 0 radical (unpaired) electrons. The molecule has 0 spiro atoms. The fourth-order valence-electron chi connectivity index (χ4n) is 2.66. The molecular weight excluding hydrogens is 276 g/mol. The van der Waals surface area contributed by atoms with Crippen molar-refractivity contribution >= 4 is 16.3 Å². The summed E-state index contributed by atoms with van der Waals surface area (Å²) in [6, 6.07) is 12.5. The lowest BCUT2D eigenvalue weighted by Gasteiger charge is -2.22. The molecule has 3 rings (SSSR count). The third-order valence-corrected chi connectivity index (χ3v) is 4.04. The van der Waals surface area contributed by atoms with Gasteiger partial charge in [-0.3, -0.25) is 0 Å². The van der Waals surface area contributed by atoms with Gasteiger partial charge in [0, 0.05) is 6.42 Å². The van der Waals surface area contributed by atoms with E-state index in [1.807, 2.05) is 18.4 Å². The number of allylic oxidation sites excluding steroid dienone is 1. The van der Waals surface area contributed by atoms with Gasteiger partial charge in [-0.25, -0.2) is 0 Å². The largest absolute Gasteiger partial charge is 0.497 e. The number of benzene rings is 2. The van der Waals surface area contributed by atoms with Crippen LogP contribution in [0.25, 0.3) is 16.3 Å². The van der Waals surface area contributed by atoms with Crippen LogP contribution >= 0.6 is 0 Å². The van der Waals surface area contributed by atoms with E-state index in [1.165, 1.54) is 17.2 Å². The van der Waals surface area contributed by atoms with Crippen LogP contribution in [0.2, 0.25) is 0 Å². The Bertz CT molecular complexity index is 669. The van der Waals surface area contributed by atoms with E-state index in [-0.39, 0.29) is 6.29 Å². The van der Waals surface area contributed by atoms with Crippen molar-refractivity contribution in [2.24, 2.45) is 0 Å². The predicted octanol–water partition coefficient (Wildman–Crippen LogP) is 4.75. The SMILES string of the molecule is COc1ccc2cc(/C(C)=C/OC3CCCCO3)ccc2c1. The van der Waals surface area contributed by atoms with Crippen LogP contribution in [0.3, 0.4) is 0 Å². The van der Waals surface area contributed by atoms with Crippen molar-refractivity contribution in [1.82, 2.24) is 0 Å². The van der Waals surface area contributed by atoms with Crippen LogP contribution in [0.4, 0.5) is 0 Å². The molecule has 0 aromatic heterocycles. The summed E-state index contributed by atoms with van der Waals surface area (Å²) in [4.78, 5) is 0. The van der Waals surface area contributed by atoms with Gasteiger partial charge >= 0.3 is 0 Å². The maximum Gasteiger partial charge on any atom is 0.198 e. The summed E-state index contributed by atoms with van der Waals surface area (Å²) in [5, 5.41) is 2.37. The smallest absolute Gasteiger partial charge is 0.198 e. The molecular formula is C19H22O3. The van der Waals surface area contributed by atoms with E-state index in [1.54, 1.807) is 7.11 Å². The molecule has 0 aliphatic carbocycles. The van der Waals surface area contributed by atoms with E-state index in [9.17, 15) is 0 Å². The van der Waals surface area contributed by atoms with Crippen LogP contribution in [0.5, 0.6) is 5.75 Å². The van der Waals surface area contributed by atoms with Gasteiger partial charge in [-0.15, -0.1) is 0 Å². The molecule has 1 saturated heterocycles. The van der Waals surface area contributed by atoms with Crippen LogP contribution in [-0.2, 0) is 9.47 Å². The van der Waals surface area contributed by atoms with E-state index < -0.39 is 0 Å². The predicted molar refractivity (Wildman–Crippen MR) is 88.8 cm³/mol. The average Bonchev–Trinajstić information content (AvgIpc) is 2.59. The quantitative estimate of drug-likeness (QED) is 0.762. The highest BCUT2D eigenvalue weighted by atomic mass is 16.7. The van der Waals surface area contributed by atoms with Gasteiger partial charge in [0.2, 0.25) is 0 Å². The molecule has 1 atom stereocenters. The second-order valence-electron chi connectivity index (χ2n) is 5.66. The third kappa shape index (κ3) is 3.42. The highest BCUT2D eigenvalue weighted by Gasteiger charge is 2.13. The monoisotopic (exact) mass is 298 g/mol. The van der Waals surface area contributed by atoms with Crippen LogP contribution in [0, 0.1) is 0 Å². The lowest BCUT2D eigenvalue weighted by Crippen LogP contribution is -2.20. The molecule has 1 fully saturated rings. The summed E-state index contributed by atoms with van der Waals surface area (Å²) >= 11 is 0. The molecule has 1 unspecified atom stereocenters. The lowest BCUT2D eigenvalue weighted by atomic mass is 10.0. The van der Waals surface area contributed by atoms with E-state index in [0.29, 0.717) is 0 Å². The Morgan fingerprint density at radius 2 is 1.95 bits per heavy atom. The number of hydrogen-bond acceptors (Lipinski definition) is 3. The molecule has 1 heterocycles. The highest BCUT2D eigenvalue weighted by Crippen LogP contribution is 2.25. The van der Waals surface area contributed by atoms with Crippen LogP contribution < -0.4 is 4.74 Å². The molecule has 2 aromatic carbocycles. The minimum atomic E-state index is -0.0894. The maximum atomic E-state index is 5.74. The van der Waals surface area contributed by atoms with Crippen LogP contribution in [-0.4, -0.2) is 20.0 Å². The summed E-state index contributed by atoms with van der Waals surface area (Å²) in [5.41, 5.74) is 2.26. The Balaban J connectivity index is 1.76. The number of fused-ring (bicyclic) bond motifs is 1. The second-order valence-corrected chi connectivity index (χ2v) is 5.66. The molecule has 0 amide bonds. The van der Waals surface area contributed by atoms with Gasteiger partial charge in [-0.2, -0.15) is 0 Å².